The van der Waals surface area contributed by atoms with Gasteiger partial charge in [-0.05, 0) is 48.6 Å². The summed E-state index contributed by atoms with van der Waals surface area (Å²) in [5.41, 5.74) is 14.7. The lowest BCUT2D eigenvalue weighted by Crippen LogP contribution is -2.15. The number of nitrogens with two attached hydrogens (primary N) is 2. The highest BCUT2D eigenvalue weighted by Gasteiger charge is 2.12. The summed E-state index contributed by atoms with van der Waals surface area (Å²) >= 11 is 0. The highest BCUT2D eigenvalue weighted by Crippen LogP contribution is 2.22. The first-order valence-corrected chi connectivity index (χ1v) is 7.23. The standard InChI is InChI=1S/C18H15N5O/c19-13-3-1-2-4-16(13)22-12-5-7-14(20)17(10-12)23-11-6-8-18(24)15(21)9-11/h1-10,20H,19,21H2. The van der Waals surface area contributed by atoms with E-state index in [1.165, 1.54) is 12.2 Å². The molecule has 3 rings (SSSR count). The Morgan fingerprint density at radius 2 is 1.58 bits per heavy atom. The smallest absolute Gasteiger partial charge is 0.201 e. The van der Waals surface area contributed by atoms with Gasteiger partial charge in [-0.1, -0.05) is 12.1 Å². The number of para-hydroxylation sites is 2. The number of ketones is 1. The van der Waals surface area contributed by atoms with Crippen LogP contribution < -0.4 is 11.5 Å². The first-order valence-electron chi connectivity index (χ1n) is 7.23. The van der Waals surface area contributed by atoms with E-state index in [4.69, 9.17) is 16.9 Å². The van der Waals surface area contributed by atoms with Crippen LogP contribution >= 0.6 is 0 Å². The van der Waals surface area contributed by atoms with Crippen molar-refractivity contribution in [1.29, 1.82) is 5.41 Å². The normalized spacial score (nSPS) is 20.5. The lowest BCUT2D eigenvalue weighted by Gasteiger charge is -2.09. The van der Waals surface area contributed by atoms with Crippen molar-refractivity contribution in [2.75, 3.05) is 5.73 Å². The Hall–Kier alpha value is -3.54. The molecule has 0 saturated carbocycles. The number of carbonyl (C=O) groups is 1. The molecule has 0 unspecified atom stereocenters. The maximum atomic E-state index is 11.3. The lowest BCUT2D eigenvalue weighted by molar-refractivity contribution is -0.111. The van der Waals surface area contributed by atoms with Crippen LogP contribution in [0, 0.1) is 5.41 Å². The van der Waals surface area contributed by atoms with Crippen molar-refractivity contribution in [2.45, 2.75) is 0 Å². The fraction of sp³-hybridized carbons (Fsp3) is 0. The van der Waals surface area contributed by atoms with E-state index < -0.39 is 0 Å². The SMILES string of the molecule is N=C1C=CC(=Nc2ccccc2N)C=C1N=C1C=CC(=O)C(N)=C1. The van der Waals surface area contributed by atoms with Gasteiger partial charge in [0.05, 0.1) is 39.9 Å². The second kappa shape index (κ2) is 6.29. The molecule has 0 saturated heterocycles. The number of rotatable bonds is 2. The molecule has 0 spiro atoms. The third-order valence-electron chi connectivity index (χ3n) is 3.41. The van der Waals surface area contributed by atoms with Gasteiger partial charge in [0.15, 0.2) is 0 Å². The van der Waals surface area contributed by atoms with Crippen LogP contribution in [0.3, 0.4) is 0 Å². The average molecular weight is 317 g/mol. The third kappa shape index (κ3) is 3.27. The number of anilines is 1. The summed E-state index contributed by atoms with van der Waals surface area (Å²) < 4.78 is 0. The number of aliphatic imine (C=N–C) groups is 2. The minimum atomic E-state index is -0.247. The van der Waals surface area contributed by atoms with Gasteiger partial charge in [0.2, 0.25) is 5.78 Å². The van der Waals surface area contributed by atoms with Gasteiger partial charge in [-0.15, -0.1) is 0 Å². The predicted molar refractivity (Wildman–Crippen MR) is 96.8 cm³/mol. The molecule has 24 heavy (non-hydrogen) atoms. The molecule has 5 N–H and O–H groups in total. The van der Waals surface area contributed by atoms with Gasteiger partial charge in [0, 0.05) is 0 Å². The Labute approximate surface area is 138 Å². The fourth-order valence-electron chi connectivity index (χ4n) is 2.15. The Morgan fingerprint density at radius 3 is 2.33 bits per heavy atom. The van der Waals surface area contributed by atoms with Crippen molar-refractivity contribution in [3.8, 4) is 0 Å². The monoisotopic (exact) mass is 317 g/mol. The van der Waals surface area contributed by atoms with E-state index in [-0.39, 0.29) is 17.2 Å². The third-order valence-corrected chi connectivity index (χ3v) is 3.41. The summed E-state index contributed by atoms with van der Waals surface area (Å²) in [6.07, 6.45) is 9.44. The van der Waals surface area contributed by atoms with E-state index in [9.17, 15) is 4.79 Å². The first kappa shape index (κ1) is 15.4. The minimum Gasteiger partial charge on any atom is -0.397 e. The summed E-state index contributed by atoms with van der Waals surface area (Å²) in [5, 5.41) is 7.98. The molecule has 0 heterocycles. The number of hydrogen-bond donors (Lipinski definition) is 3. The van der Waals surface area contributed by atoms with Gasteiger partial charge in [0.1, 0.15) is 0 Å². The van der Waals surface area contributed by atoms with Gasteiger partial charge < -0.3 is 11.5 Å². The van der Waals surface area contributed by atoms with E-state index in [2.05, 4.69) is 9.98 Å². The highest BCUT2D eigenvalue weighted by molar-refractivity contribution is 6.24. The zero-order valence-corrected chi connectivity index (χ0v) is 12.7. The molecule has 1 aromatic carbocycles. The molecule has 0 amide bonds. The van der Waals surface area contributed by atoms with Crippen LogP contribution in [-0.4, -0.2) is 22.9 Å². The number of carbonyl (C=O) groups excluding carboxylic acids is 1. The van der Waals surface area contributed by atoms with Crippen LogP contribution in [0.15, 0.2) is 82.1 Å². The second-order valence-electron chi connectivity index (χ2n) is 5.21. The molecule has 0 fully saturated rings. The molecule has 0 atom stereocenters. The van der Waals surface area contributed by atoms with Crippen molar-refractivity contribution >= 4 is 34.3 Å². The van der Waals surface area contributed by atoms with Crippen LogP contribution in [0.25, 0.3) is 0 Å². The quantitative estimate of drug-likeness (QED) is 0.573. The van der Waals surface area contributed by atoms with Crippen LogP contribution in [0.1, 0.15) is 0 Å². The van der Waals surface area contributed by atoms with Crippen LogP contribution in [0.5, 0.6) is 0 Å². The Morgan fingerprint density at radius 1 is 0.875 bits per heavy atom. The van der Waals surface area contributed by atoms with Crippen LogP contribution in [0.2, 0.25) is 0 Å². The van der Waals surface area contributed by atoms with Crippen LogP contribution in [0.4, 0.5) is 11.4 Å². The molecule has 2 aliphatic rings. The largest absolute Gasteiger partial charge is 0.397 e. The number of nitrogens with one attached hydrogen (secondary N) is 1. The molecule has 1 aromatic rings. The molecule has 6 nitrogen and oxygen atoms in total. The molecule has 0 bridgehead atoms. The van der Waals surface area contributed by atoms with Gasteiger partial charge in [-0.3, -0.25) is 10.2 Å². The molecule has 118 valence electrons. The molecule has 0 aliphatic heterocycles. The molecular formula is C18H15N5O. The number of hydrogen-bond acceptors (Lipinski definition) is 6. The summed E-state index contributed by atoms with van der Waals surface area (Å²) in [6, 6.07) is 7.28. The highest BCUT2D eigenvalue weighted by atomic mass is 16.1. The lowest BCUT2D eigenvalue weighted by atomic mass is 10.1. The Balaban J connectivity index is 1.95. The van der Waals surface area contributed by atoms with Crippen molar-refractivity contribution in [3.63, 3.8) is 0 Å². The van der Waals surface area contributed by atoms with E-state index >= 15 is 0 Å². The Kier molecular flexibility index (Phi) is 4.03. The van der Waals surface area contributed by atoms with E-state index in [1.54, 1.807) is 30.4 Å². The topological polar surface area (TPSA) is 118 Å². The Bertz CT molecular complexity index is 913. The number of allylic oxidation sites excluding steroid dienone is 6. The predicted octanol–water partition coefficient (Wildman–Crippen LogP) is 2.24. The summed E-state index contributed by atoms with van der Waals surface area (Å²) in [4.78, 5) is 20.2. The number of benzene rings is 1. The van der Waals surface area contributed by atoms with Crippen molar-refractivity contribution < 1.29 is 4.79 Å². The first-order chi connectivity index (χ1) is 11.5. The van der Waals surface area contributed by atoms with Crippen LogP contribution in [-0.2, 0) is 4.79 Å². The zero-order valence-electron chi connectivity index (χ0n) is 12.7. The maximum Gasteiger partial charge on any atom is 0.201 e. The van der Waals surface area contributed by atoms with Crippen molar-refractivity contribution in [3.05, 3.63) is 72.1 Å². The summed E-state index contributed by atoms with van der Waals surface area (Å²) in [7, 11) is 0. The zero-order chi connectivity index (χ0) is 17.1. The van der Waals surface area contributed by atoms with E-state index in [0.717, 1.165) is 0 Å². The van der Waals surface area contributed by atoms with Crippen molar-refractivity contribution in [1.82, 2.24) is 0 Å². The van der Waals surface area contributed by atoms with Crippen molar-refractivity contribution in [2.24, 2.45) is 15.7 Å². The molecule has 6 heteroatoms. The van der Waals surface area contributed by atoms with E-state index in [0.29, 0.717) is 28.5 Å². The summed E-state index contributed by atoms with van der Waals surface area (Å²) in [5.74, 6) is -0.247. The van der Waals surface area contributed by atoms with Gasteiger partial charge in [-0.25, -0.2) is 9.98 Å². The van der Waals surface area contributed by atoms with E-state index in [1.807, 2.05) is 18.2 Å². The minimum absolute atomic E-state index is 0.126. The van der Waals surface area contributed by atoms with Gasteiger partial charge in [-0.2, -0.15) is 0 Å². The fourth-order valence-corrected chi connectivity index (χ4v) is 2.15. The maximum absolute atomic E-state index is 11.3. The van der Waals surface area contributed by atoms with Gasteiger partial charge >= 0.3 is 0 Å². The molecular weight excluding hydrogens is 302 g/mol. The number of nitrogen functional groups attached to an aromatic ring is 1. The summed E-state index contributed by atoms with van der Waals surface area (Å²) in [6.45, 7) is 0. The molecule has 2 aliphatic carbocycles. The second-order valence-corrected chi connectivity index (χ2v) is 5.21. The number of nitrogens with zero attached hydrogens (tertiary/aromatic N) is 2. The average Bonchev–Trinajstić information content (AvgIpc) is 2.56. The van der Waals surface area contributed by atoms with Gasteiger partial charge in [0.25, 0.3) is 0 Å². The molecule has 0 radical (unpaired) electrons. The molecule has 0 aromatic heterocycles.